The van der Waals surface area contributed by atoms with Crippen molar-refractivity contribution in [3.63, 3.8) is 0 Å². The van der Waals surface area contributed by atoms with E-state index in [0.29, 0.717) is 11.7 Å². The Labute approximate surface area is 181 Å². The van der Waals surface area contributed by atoms with E-state index in [1.807, 2.05) is 52.5 Å². The number of carbonyl (C=O) groups is 1. The van der Waals surface area contributed by atoms with Gasteiger partial charge in [-0.3, -0.25) is 4.79 Å². The van der Waals surface area contributed by atoms with Crippen LogP contribution in [-0.2, 0) is 11.2 Å². The SMILES string of the molecule is CCCOc1ccc(-c2csc(NC(=O)Cc3csc(-c4cccs4)n3)n2)cc1. The number of rotatable bonds is 8. The van der Waals surface area contributed by atoms with E-state index >= 15 is 0 Å². The lowest BCUT2D eigenvalue weighted by molar-refractivity contribution is -0.115. The highest BCUT2D eigenvalue weighted by molar-refractivity contribution is 7.20. The molecule has 3 aromatic heterocycles. The molecule has 0 saturated carbocycles. The number of hydrogen-bond acceptors (Lipinski definition) is 7. The van der Waals surface area contributed by atoms with Crippen molar-refractivity contribution in [1.82, 2.24) is 9.97 Å². The lowest BCUT2D eigenvalue weighted by atomic mass is 10.2. The third-order valence-corrected chi connectivity index (χ3v) is 6.69. The molecule has 3 heterocycles. The molecular weight excluding hydrogens is 422 g/mol. The Morgan fingerprint density at radius 2 is 1.93 bits per heavy atom. The molecule has 4 aromatic rings. The summed E-state index contributed by atoms with van der Waals surface area (Å²) in [4.78, 5) is 22.6. The Bertz CT molecular complexity index is 1070. The molecule has 1 N–H and O–H groups in total. The normalized spacial score (nSPS) is 10.8. The van der Waals surface area contributed by atoms with E-state index in [1.165, 1.54) is 11.3 Å². The Morgan fingerprint density at radius 3 is 2.69 bits per heavy atom. The maximum Gasteiger partial charge on any atom is 0.232 e. The highest BCUT2D eigenvalue weighted by Gasteiger charge is 2.12. The predicted molar refractivity (Wildman–Crippen MR) is 121 cm³/mol. The number of thiophene rings is 1. The number of hydrogen-bond donors (Lipinski definition) is 1. The van der Waals surface area contributed by atoms with Gasteiger partial charge in [-0.25, -0.2) is 9.97 Å². The molecule has 0 unspecified atom stereocenters. The molecule has 0 saturated heterocycles. The van der Waals surface area contributed by atoms with E-state index in [-0.39, 0.29) is 12.3 Å². The molecule has 0 spiro atoms. The average molecular weight is 442 g/mol. The molecular formula is C21H19N3O2S3. The van der Waals surface area contributed by atoms with Gasteiger partial charge < -0.3 is 10.1 Å². The van der Waals surface area contributed by atoms with Gasteiger partial charge in [0.05, 0.1) is 29.3 Å². The zero-order chi connectivity index (χ0) is 20.1. The molecule has 148 valence electrons. The summed E-state index contributed by atoms with van der Waals surface area (Å²) < 4.78 is 5.61. The van der Waals surface area contributed by atoms with Crippen molar-refractivity contribution in [1.29, 1.82) is 0 Å². The summed E-state index contributed by atoms with van der Waals surface area (Å²) in [5, 5.41) is 10.3. The number of carbonyl (C=O) groups excluding carboxylic acids is 1. The summed E-state index contributed by atoms with van der Waals surface area (Å²) in [7, 11) is 0. The first kappa shape index (κ1) is 19.8. The Balaban J connectivity index is 1.35. The first-order chi connectivity index (χ1) is 14.2. The van der Waals surface area contributed by atoms with Gasteiger partial charge in [-0.1, -0.05) is 13.0 Å². The van der Waals surface area contributed by atoms with Gasteiger partial charge in [0.15, 0.2) is 5.13 Å². The number of nitrogens with one attached hydrogen (secondary N) is 1. The monoisotopic (exact) mass is 441 g/mol. The van der Waals surface area contributed by atoms with E-state index in [4.69, 9.17) is 4.74 Å². The predicted octanol–water partition coefficient (Wildman–Crippen LogP) is 5.97. The van der Waals surface area contributed by atoms with Crippen LogP contribution in [0.4, 0.5) is 5.13 Å². The molecule has 0 aliphatic carbocycles. The molecule has 5 nitrogen and oxygen atoms in total. The van der Waals surface area contributed by atoms with Crippen molar-refractivity contribution < 1.29 is 9.53 Å². The molecule has 0 aliphatic heterocycles. The molecule has 0 aliphatic rings. The minimum Gasteiger partial charge on any atom is -0.494 e. The minimum absolute atomic E-state index is 0.114. The van der Waals surface area contributed by atoms with Gasteiger partial charge in [-0.05, 0) is 42.1 Å². The van der Waals surface area contributed by atoms with Crippen LogP contribution in [0.3, 0.4) is 0 Å². The van der Waals surface area contributed by atoms with Crippen LogP contribution in [0, 0.1) is 0 Å². The second-order valence-electron chi connectivity index (χ2n) is 6.26. The van der Waals surface area contributed by atoms with Gasteiger partial charge in [0.25, 0.3) is 0 Å². The molecule has 1 amide bonds. The highest BCUT2D eigenvalue weighted by atomic mass is 32.1. The van der Waals surface area contributed by atoms with Crippen LogP contribution in [0.2, 0.25) is 0 Å². The van der Waals surface area contributed by atoms with Gasteiger partial charge in [-0.2, -0.15) is 0 Å². The van der Waals surface area contributed by atoms with Crippen LogP contribution in [0.5, 0.6) is 5.75 Å². The van der Waals surface area contributed by atoms with Crippen LogP contribution in [0.1, 0.15) is 19.0 Å². The van der Waals surface area contributed by atoms with Gasteiger partial charge in [0, 0.05) is 16.3 Å². The van der Waals surface area contributed by atoms with Gasteiger partial charge >= 0.3 is 0 Å². The van der Waals surface area contributed by atoms with Gasteiger partial charge in [0.1, 0.15) is 10.8 Å². The fourth-order valence-electron chi connectivity index (χ4n) is 2.64. The fraction of sp³-hybridized carbons (Fsp3) is 0.190. The summed E-state index contributed by atoms with van der Waals surface area (Å²) >= 11 is 4.62. The quantitative estimate of drug-likeness (QED) is 0.366. The van der Waals surface area contributed by atoms with Gasteiger partial charge in [0.2, 0.25) is 5.91 Å². The summed E-state index contributed by atoms with van der Waals surface area (Å²) in [6, 6.07) is 11.9. The van der Waals surface area contributed by atoms with E-state index < -0.39 is 0 Å². The molecule has 8 heteroatoms. The maximum absolute atomic E-state index is 12.4. The van der Waals surface area contributed by atoms with Crippen molar-refractivity contribution in [2.45, 2.75) is 19.8 Å². The second-order valence-corrected chi connectivity index (χ2v) is 8.92. The molecule has 1 aromatic carbocycles. The summed E-state index contributed by atoms with van der Waals surface area (Å²) in [6.45, 7) is 2.79. The minimum atomic E-state index is -0.114. The number of amides is 1. The maximum atomic E-state index is 12.4. The van der Waals surface area contributed by atoms with Gasteiger partial charge in [-0.15, -0.1) is 34.0 Å². The first-order valence-corrected chi connectivity index (χ1v) is 11.8. The largest absolute Gasteiger partial charge is 0.494 e. The highest BCUT2D eigenvalue weighted by Crippen LogP contribution is 2.29. The standard InChI is InChI=1S/C21H19N3O2S3/c1-2-9-26-16-7-5-14(6-8-16)17-13-29-21(23-17)24-19(25)11-15-12-28-20(22-15)18-4-3-10-27-18/h3-8,10,12-13H,2,9,11H2,1H3,(H,23,24,25). The van der Waals surface area contributed by atoms with E-state index in [2.05, 4.69) is 22.2 Å². The van der Waals surface area contributed by atoms with E-state index in [1.54, 1.807) is 22.7 Å². The van der Waals surface area contributed by atoms with E-state index in [9.17, 15) is 4.79 Å². The Kier molecular flexibility index (Phi) is 6.33. The molecule has 0 fully saturated rings. The van der Waals surface area contributed by atoms with Crippen molar-refractivity contribution in [3.8, 4) is 26.9 Å². The van der Waals surface area contributed by atoms with Crippen LogP contribution in [-0.4, -0.2) is 22.5 Å². The summed E-state index contributed by atoms with van der Waals surface area (Å²) in [5.74, 6) is 0.738. The topological polar surface area (TPSA) is 64.1 Å². The van der Waals surface area contributed by atoms with Crippen molar-refractivity contribution >= 4 is 45.0 Å². The zero-order valence-corrected chi connectivity index (χ0v) is 18.2. The molecule has 0 atom stereocenters. The van der Waals surface area contributed by atoms with Crippen molar-refractivity contribution in [2.75, 3.05) is 11.9 Å². The molecule has 0 radical (unpaired) electrons. The Morgan fingerprint density at radius 1 is 1.07 bits per heavy atom. The van der Waals surface area contributed by atoms with E-state index in [0.717, 1.165) is 39.0 Å². The summed E-state index contributed by atoms with van der Waals surface area (Å²) in [6.07, 6.45) is 1.22. The van der Waals surface area contributed by atoms with Crippen LogP contribution >= 0.6 is 34.0 Å². The fourth-order valence-corrected chi connectivity index (χ4v) is 5.00. The van der Waals surface area contributed by atoms with Crippen LogP contribution in [0.25, 0.3) is 21.1 Å². The number of aromatic nitrogens is 2. The smallest absolute Gasteiger partial charge is 0.232 e. The Hall–Kier alpha value is -2.55. The van der Waals surface area contributed by atoms with Crippen molar-refractivity contribution in [2.24, 2.45) is 0 Å². The lowest BCUT2D eigenvalue weighted by Gasteiger charge is -2.04. The number of thiazole rings is 2. The number of nitrogens with zero attached hydrogens (tertiary/aromatic N) is 2. The number of benzene rings is 1. The molecule has 0 bridgehead atoms. The van der Waals surface area contributed by atoms with Crippen LogP contribution < -0.4 is 10.1 Å². The third-order valence-electron chi connectivity index (χ3n) is 4.00. The van der Waals surface area contributed by atoms with Crippen LogP contribution in [0.15, 0.2) is 52.5 Å². The lowest BCUT2D eigenvalue weighted by Crippen LogP contribution is -2.14. The number of anilines is 1. The first-order valence-electron chi connectivity index (χ1n) is 9.18. The average Bonchev–Trinajstić information content (AvgIpc) is 3.48. The molecule has 4 rings (SSSR count). The third kappa shape index (κ3) is 5.09. The second kappa shape index (κ2) is 9.30. The molecule has 29 heavy (non-hydrogen) atoms. The zero-order valence-electron chi connectivity index (χ0n) is 15.8. The summed E-state index contributed by atoms with van der Waals surface area (Å²) in [5.41, 5.74) is 2.60. The van der Waals surface area contributed by atoms with Crippen molar-refractivity contribution in [3.05, 3.63) is 58.2 Å². The number of ether oxygens (including phenoxy) is 1.